The van der Waals surface area contributed by atoms with Gasteiger partial charge in [0.2, 0.25) is 5.91 Å². The summed E-state index contributed by atoms with van der Waals surface area (Å²) >= 11 is 5.58. The molecule has 0 radical (unpaired) electrons. The molecule has 8 heteroatoms. The van der Waals surface area contributed by atoms with Crippen LogP contribution in [0.5, 0.6) is 0 Å². The molecular weight excluding hydrogens is 366 g/mol. The minimum Gasteiger partial charge on any atom is -0.447 e. The van der Waals surface area contributed by atoms with Crippen molar-refractivity contribution < 1.29 is 23.1 Å². The van der Waals surface area contributed by atoms with Crippen molar-refractivity contribution in [2.24, 2.45) is 5.92 Å². The molecule has 2 amide bonds. The number of carbonyl (C=O) groups excluding carboxylic acids is 2. The molecule has 0 spiro atoms. The maximum Gasteiger partial charge on any atom is 0.416 e. The lowest BCUT2D eigenvalue weighted by Gasteiger charge is -2.31. The van der Waals surface area contributed by atoms with Gasteiger partial charge in [0.25, 0.3) is 0 Å². The Labute approximate surface area is 155 Å². The highest BCUT2D eigenvalue weighted by Gasteiger charge is 2.45. The first-order valence-electron chi connectivity index (χ1n) is 8.47. The van der Waals surface area contributed by atoms with E-state index in [9.17, 15) is 18.4 Å². The number of ether oxygens (including phenoxy) is 1. The van der Waals surface area contributed by atoms with Gasteiger partial charge in [-0.05, 0) is 38.5 Å². The SMILES string of the molecule is CC(C)(C)N1CC(C(=O)N2CCOC2=O)C(c2cc(F)c(Cl)c(F)c2)C1. The topological polar surface area (TPSA) is 49.9 Å². The van der Waals surface area contributed by atoms with E-state index in [2.05, 4.69) is 4.90 Å². The molecule has 0 N–H and O–H groups in total. The van der Waals surface area contributed by atoms with Crippen LogP contribution in [0.25, 0.3) is 0 Å². The van der Waals surface area contributed by atoms with E-state index in [1.165, 1.54) is 12.1 Å². The van der Waals surface area contributed by atoms with Crippen molar-refractivity contribution >= 4 is 23.6 Å². The van der Waals surface area contributed by atoms with Gasteiger partial charge < -0.3 is 4.74 Å². The molecular formula is C18H21ClF2N2O3. The van der Waals surface area contributed by atoms with Crippen LogP contribution in [0, 0.1) is 17.6 Å². The Morgan fingerprint density at radius 2 is 1.85 bits per heavy atom. The average Bonchev–Trinajstić information content (AvgIpc) is 3.17. The predicted octanol–water partition coefficient (Wildman–Crippen LogP) is 3.41. The molecule has 0 aromatic heterocycles. The molecule has 2 heterocycles. The van der Waals surface area contributed by atoms with Crippen LogP contribution in [0.3, 0.4) is 0 Å². The van der Waals surface area contributed by atoms with E-state index in [1.807, 2.05) is 20.8 Å². The minimum atomic E-state index is -0.859. The van der Waals surface area contributed by atoms with E-state index >= 15 is 0 Å². The zero-order valence-electron chi connectivity index (χ0n) is 14.9. The summed E-state index contributed by atoms with van der Waals surface area (Å²) in [4.78, 5) is 27.9. The normalized spacial score (nSPS) is 24.2. The van der Waals surface area contributed by atoms with E-state index in [4.69, 9.17) is 16.3 Å². The van der Waals surface area contributed by atoms with Gasteiger partial charge in [0.15, 0.2) is 0 Å². The standard InChI is InChI=1S/C18H21ClF2N2O3/c1-18(2,3)22-8-11(10-6-13(20)15(19)14(21)7-10)12(9-22)16(24)23-4-5-26-17(23)25/h6-7,11-12H,4-5,8-9H2,1-3H3. The fourth-order valence-electron chi connectivity index (χ4n) is 3.52. The van der Waals surface area contributed by atoms with Crippen LogP contribution in [0.4, 0.5) is 13.6 Å². The molecule has 0 aliphatic carbocycles. The molecule has 2 unspecified atom stereocenters. The molecule has 2 saturated heterocycles. The molecule has 3 rings (SSSR count). The summed E-state index contributed by atoms with van der Waals surface area (Å²) in [5.41, 5.74) is 0.129. The van der Waals surface area contributed by atoms with E-state index in [0.717, 1.165) is 4.90 Å². The van der Waals surface area contributed by atoms with Crippen molar-refractivity contribution in [2.75, 3.05) is 26.2 Å². The van der Waals surface area contributed by atoms with Gasteiger partial charge in [-0.15, -0.1) is 0 Å². The quantitative estimate of drug-likeness (QED) is 0.731. The summed E-state index contributed by atoms with van der Waals surface area (Å²) in [6.07, 6.45) is -0.670. The average molecular weight is 387 g/mol. The number of likely N-dealkylation sites (tertiary alicyclic amines) is 1. The first kappa shape index (κ1) is 19.0. The van der Waals surface area contributed by atoms with Gasteiger partial charge in [0, 0.05) is 24.5 Å². The number of rotatable bonds is 2. The Hall–Kier alpha value is -1.73. The molecule has 1 aromatic rings. The lowest BCUT2D eigenvalue weighted by Crippen LogP contribution is -2.42. The molecule has 142 valence electrons. The zero-order chi connectivity index (χ0) is 19.2. The largest absolute Gasteiger partial charge is 0.447 e. The summed E-state index contributed by atoms with van der Waals surface area (Å²) in [7, 11) is 0. The number of imide groups is 1. The Balaban J connectivity index is 1.96. The van der Waals surface area contributed by atoms with Crippen LogP contribution < -0.4 is 0 Å². The number of amides is 2. The van der Waals surface area contributed by atoms with Crippen LogP contribution in [-0.4, -0.2) is 53.6 Å². The van der Waals surface area contributed by atoms with Gasteiger partial charge in [-0.3, -0.25) is 9.69 Å². The highest BCUT2D eigenvalue weighted by Crippen LogP contribution is 2.39. The maximum atomic E-state index is 14.0. The summed E-state index contributed by atoms with van der Waals surface area (Å²) in [5, 5.41) is -0.564. The van der Waals surface area contributed by atoms with Crippen LogP contribution in [-0.2, 0) is 9.53 Å². The second-order valence-electron chi connectivity index (χ2n) is 7.69. The Kier molecular flexibility index (Phi) is 4.96. The van der Waals surface area contributed by atoms with Gasteiger partial charge in [-0.25, -0.2) is 18.5 Å². The van der Waals surface area contributed by atoms with Crippen LogP contribution in [0.2, 0.25) is 5.02 Å². The van der Waals surface area contributed by atoms with Crippen molar-refractivity contribution in [3.8, 4) is 0 Å². The third-order valence-corrected chi connectivity index (χ3v) is 5.41. The number of carbonyl (C=O) groups is 2. The number of halogens is 3. The number of cyclic esters (lactones) is 1. The van der Waals surface area contributed by atoms with Crippen molar-refractivity contribution in [3.63, 3.8) is 0 Å². The van der Waals surface area contributed by atoms with Crippen molar-refractivity contribution in [1.82, 2.24) is 9.80 Å². The van der Waals surface area contributed by atoms with E-state index < -0.39 is 34.6 Å². The summed E-state index contributed by atoms with van der Waals surface area (Å²) in [5.74, 6) is -3.14. The van der Waals surface area contributed by atoms with Gasteiger partial charge in [0.05, 0.1) is 12.5 Å². The number of hydrogen-bond donors (Lipinski definition) is 0. The zero-order valence-corrected chi connectivity index (χ0v) is 15.6. The maximum absolute atomic E-state index is 14.0. The smallest absolute Gasteiger partial charge is 0.416 e. The highest BCUT2D eigenvalue weighted by molar-refractivity contribution is 6.30. The van der Waals surface area contributed by atoms with Crippen molar-refractivity contribution in [2.45, 2.75) is 32.2 Å². The van der Waals surface area contributed by atoms with Crippen molar-refractivity contribution in [1.29, 1.82) is 0 Å². The van der Waals surface area contributed by atoms with Gasteiger partial charge in [0.1, 0.15) is 23.3 Å². The van der Waals surface area contributed by atoms with E-state index in [1.54, 1.807) is 0 Å². The summed E-state index contributed by atoms with van der Waals surface area (Å²) in [6.45, 7) is 7.21. The lowest BCUT2D eigenvalue weighted by molar-refractivity contribution is -0.132. The fourth-order valence-corrected chi connectivity index (χ4v) is 3.63. The Morgan fingerprint density at radius 3 is 2.35 bits per heavy atom. The number of hydrogen-bond acceptors (Lipinski definition) is 4. The lowest BCUT2D eigenvalue weighted by atomic mass is 9.88. The number of benzene rings is 1. The third-order valence-electron chi connectivity index (χ3n) is 5.05. The first-order valence-corrected chi connectivity index (χ1v) is 8.85. The minimum absolute atomic E-state index is 0.162. The molecule has 2 aliphatic rings. The van der Waals surface area contributed by atoms with Crippen LogP contribution in [0.1, 0.15) is 32.3 Å². The summed E-state index contributed by atoms with van der Waals surface area (Å²) in [6, 6.07) is 2.34. The summed E-state index contributed by atoms with van der Waals surface area (Å²) < 4.78 is 32.8. The second kappa shape index (κ2) is 6.78. The molecule has 0 bridgehead atoms. The van der Waals surface area contributed by atoms with E-state index in [0.29, 0.717) is 18.7 Å². The molecule has 0 saturated carbocycles. The van der Waals surface area contributed by atoms with Gasteiger partial charge in [-0.2, -0.15) is 0 Å². The number of nitrogens with zero attached hydrogens (tertiary/aromatic N) is 2. The predicted molar refractivity (Wildman–Crippen MR) is 92.0 cm³/mol. The Bertz CT molecular complexity index is 727. The first-order chi connectivity index (χ1) is 12.1. The third kappa shape index (κ3) is 3.42. The molecule has 1 aromatic carbocycles. The monoisotopic (exact) mass is 386 g/mol. The van der Waals surface area contributed by atoms with E-state index in [-0.39, 0.29) is 24.6 Å². The molecule has 2 fully saturated rings. The Morgan fingerprint density at radius 1 is 1.23 bits per heavy atom. The molecule has 26 heavy (non-hydrogen) atoms. The highest BCUT2D eigenvalue weighted by atomic mass is 35.5. The van der Waals surface area contributed by atoms with Crippen LogP contribution in [0.15, 0.2) is 12.1 Å². The van der Waals surface area contributed by atoms with Crippen LogP contribution >= 0.6 is 11.6 Å². The molecule has 5 nitrogen and oxygen atoms in total. The molecule has 2 atom stereocenters. The second-order valence-corrected chi connectivity index (χ2v) is 8.07. The molecule has 2 aliphatic heterocycles. The van der Waals surface area contributed by atoms with Gasteiger partial charge in [-0.1, -0.05) is 11.6 Å². The van der Waals surface area contributed by atoms with Crippen molar-refractivity contribution in [3.05, 3.63) is 34.4 Å². The van der Waals surface area contributed by atoms with Gasteiger partial charge >= 0.3 is 6.09 Å². The fraction of sp³-hybridized carbons (Fsp3) is 0.556.